The highest BCUT2D eigenvalue weighted by Gasteiger charge is 2.27. The minimum Gasteiger partial charge on any atom is -0.393 e. The average Bonchev–Trinajstić information content (AvgIpc) is 2.94. The van der Waals surface area contributed by atoms with Crippen LogP contribution in [0.15, 0.2) is 0 Å². The van der Waals surface area contributed by atoms with Crippen LogP contribution in [0.5, 0.6) is 0 Å². The molecule has 2 saturated heterocycles. The number of hydrogen-bond donors (Lipinski definition) is 3. The molecule has 3 atom stereocenters. The third-order valence-electron chi connectivity index (χ3n) is 2.90. The molecule has 2 rings (SSSR count). The van der Waals surface area contributed by atoms with Crippen molar-refractivity contribution >= 4 is 27.5 Å². The van der Waals surface area contributed by atoms with Crippen LogP contribution >= 0.6 is 21.6 Å². The van der Waals surface area contributed by atoms with Crippen LogP contribution in [-0.4, -0.2) is 46.2 Å². The van der Waals surface area contributed by atoms with Crippen molar-refractivity contribution in [2.75, 3.05) is 11.5 Å². The second-order valence-electron chi connectivity index (χ2n) is 4.87. The Balaban J connectivity index is 0.000000333. The summed E-state index contributed by atoms with van der Waals surface area (Å²) in [5.41, 5.74) is 0. The molecule has 0 aromatic carbocycles. The summed E-state index contributed by atoms with van der Waals surface area (Å²) < 4.78 is 5.07. The number of aliphatic hydroxyl groups excluding tert-OH is 2. The lowest BCUT2D eigenvalue weighted by molar-refractivity contribution is -0.197. The van der Waals surface area contributed by atoms with Crippen LogP contribution in [0, 0.1) is 0 Å². The molecule has 0 saturated carbocycles. The summed E-state index contributed by atoms with van der Waals surface area (Å²) in [5, 5.41) is 21.2. The Bertz CT molecular complexity index is 259. The van der Waals surface area contributed by atoms with Gasteiger partial charge in [-0.1, -0.05) is 34.9 Å². The summed E-state index contributed by atoms with van der Waals surface area (Å²) in [5.74, 6) is 2.66. The first-order chi connectivity index (χ1) is 9.61. The average molecular weight is 323 g/mol. The van der Waals surface area contributed by atoms with Gasteiger partial charge in [0.2, 0.25) is 5.91 Å². The van der Waals surface area contributed by atoms with Crippen LogP contribution in [0.2, 0.25) is 0 Å². The maximum Gasteiger partial charge on any atom is 0.221 e. The second kappa shape index (κ2) is 10.7. The summed E-state index contributed by atoms with van der Waals surface area (Å²) in [6.45, 7) is 2.01. The highest BCUT2D eigenvalue weighted by atomic mass is 33.1. The van der Waals surface area contributed by atoms with Gasteiger partial charge in [-0.2, -0.15) is 0 Å². The number of unbranched alkanes of at least 4 members (excludes halogenated alkanes) is 1. The largest absolute Gasteiger partial charge is 0.393 e. The zero-order valence-electron chi connectivity index (χ0n) is 11.9. The van der Waals surface area contributed by atoms with Gasteiger partial charge in [-0.3, -0.25) is 4.79 Å². The minimum absolute atomic E-state index is 0.0943. The van der Waals surface area contributed by atoms with E-state index >= 15 is 0 Å². The van der Waals surface area contributed by atoms with Gasteiger partial charge in [0.05, 0.1) is 6.10 Å². The predicted octanol–water partition coefficient (Wildman–Crippen LogP) is 1.88. The van der Waals surface area contributed by atoms with E-state index in [1.807, 2.05) is 28.5 Å². The van der Waals surface area contributed by atoms with Crippen molar-refractivity contribution in [3.8, 4) is 0 Å². The van der Waals surface area contributed by atoms with Crippen molar-refractivity contribution in [2.24, 2.45) is 0 Å². The quantitative estimate of drug-likeness (QED) is 0.686. The Morgan fingerprint density at radius 2 is 2.00 bits per heavy atom. The number of aliphatic hydroxyl groups is 2. The molecule has 0 unspecified atom stereocenters. The molecule has 2 aliphatic rings. The fraction of sp³-hybridized carbons (Fsp3) is 0.923. The normalized spacial score (nSPS) is 29.4. The molecule has 0 aromatic heterocycles. The molecule has 1 amide bonds. The van der Waals surface area contributed by atoms with Gasteiger partial charge < -0.3 is 20.3 Å². The van der Waals surface area contributed by atoms with E-state index in [2.05, 4.69) is 5.32 Å². The predicted molar refractivity (Wildman–Crippen MR) is 83.3 cm³/mol. The Morgan fingerprint density at radius 3 is 2.50 bits per heavy atom. The Kier molecular flexibility index (Phi) is 9.71. The van der Waals surface area contributed by atoms with E-state index in [1.54, 1.807) is 0 Å². The molecule has 0 spiro atoms. The fourth-order valence-electron chi connectivity index (χ4n) is 1.85. The monoisotopic (exact) mass is 323 g/mol. The van der Waals surface area contributed by atoms with E-state index in [0.717, 1.165) is 12.8 Å². The summed E-state index contributed by atoms with van der Waals surface area (Å²) >= 11 is 0. The first-order valence-electron chi connectivity index (χ1n) is 7.17. The van der Waals surface area contributed by atoms with Gasteiger partial charge in [-0.25, -0.2) is 0 Å². The van der Waals surface area contributed by atoms with Crippen molar-refractivity contribution in [1.29, 1.82) is 0 Å². The van der Waals surface area contributed by atoms with Crippen molar-refractivity contribution < 1.29 is 19.7 Å². The third-order valence-corrected chi connectivity index (χ3v) is 5.48. The number of nitrogens with one attached hydrogen (secondary N) is 1. The van der Waals surface area contributed by atoms with Crippen LogP contribution < -0.4 is 5.32 Å². The van der Waals surface area contributed by atoms with Gasteiger partial charge in [0.1, 0.15) is 6.23 Å². The molecule has 3 N–H and O–H groups in total. The Morgan fingerprint density at radius 1 is 1.30 bits per heavy atom. The highest BCUT2D eigenvalue weighted by molar-refractivity contribution is 8.77. The van der Waals surface area contributed by atoms with Gasteiger partial charge in [0.15, 0.2) is 6.29 Å². The molecule has 7 heteroatoms. The molecule has 2 fully saturated rings. The third kappa shape index (κ3) is 8.36. The van der Waals surface area contributed by atoms with Crippen LogP contribution in [0.25, 0.3) is 0 Å². The standard InChI is InChI=1S/C10H19NO4.C3H6S2/c1-2-3-4-8(13)11-9-5-7(12)6-10(14)15-9;1-2-4-5-3-1/h7,9-10,12,14H,2-6H2,1H3,(H,11,13);1-3H2/t7-,9-,10+;/m1./s1. The summed E-state index contributed by atoms with van der Waals surface area (Å²) in [4.78, 5) is 11.3. The van der Waals surface area contributed by atoms with E-state index in [9.17, 15) is 15.0 Å². The molecule has 118 valence electrons. The smallest absolute Gasteiger partial charge is 0.221 e. The molecule has 2 heterocycles. The van der Waals surface area contributed by atoms with E-state index in [0.29, 0.717) is 12.8 Å². The van der Waals surface area contributed by atoms with Gasteiger partial charge in [0, 0.05) is 30.8 Å². The van der Waals surface area contributed by atoms with Crippen molar-refractivity contribution in [3.05, 3.63) is 0 Å². The number of ether oxygens (including phenoxy) is 1. The van der Waals surface area contributed by atoms with Crippen molar-refractivity contribution in [2.45, 2.75) is 64.1 Å². The maximum absolute atomic E-state index is 11.3. The molecule has 0 bridgehead atoms. The van der Waals surface area contributed by atoms with Crippen molar-refractivity contribution in [1.82, 2.24) is 5.32 Å². The van der Waals surface area contributed by atoms with Gasteiger partial charge >= 0.3 is 0 Å². The number of hydrogen-bond acceptors (Lipinski definition) is 6. The molecule has 2 aliphatic heterocycles. The molecule has 0 aliphatic carbocycles. The van der Waals surface area contributed by atoms with Crippen LogP contribution in [0.4, 0.5) is 0 Å². The lowest BCUT2D eigenvalue weighted by Gasteiger charge is -2.30. The van der Waals surface area contributed by atoms with E-state index < -0.39 is 18.6 Å². The second-order valence-corrected chi connectivity index (χ2v) is 7.58. The van der Waals surface area contributed by atoms with Crippen molar-refractivity contribution in [3.63, 3.8) is 0 Å². The van der Waals surface area contributed by atoms with Gasteiger partial charge in [0.25, 0.3) is 0 Å². The summed E-state index contributed by atoms with van der Waals surface area (Å²) in [7, 11) is 3.98. The first kappa shape index (κ1) is 18.1. The molecular formula is C13H25NO4S2. The molecule has 0 aromatic rings. The summed E-state index contributed by atoms with van der Waals surface area (Å²) in [6, 6.07) is 0. The van der Waals surface area contributed by atoms with E-state index in [-0.39, 0.29) is 12.3 Å². The zero-order chi connectivity index (χ0) is 14.8. The number of carbonyl (C=O) groups excluding carboxylic acids is 1. The lowest BCUT2D eigenvalue weighted by atomic mass is 10.1. The van der Waals surface area contributed by atoms with Crippen LogP contribution in [0.3, 0.4) is 0 Å². The SMILES string of the molecule is C1CSSC1.CCCCC(=O)N[C@H]1C[C@@H](O)C[C@@H](O)O1. The minimum atomic E-state index is -0.981. The maximum atomic E-state index is 11.3. The number of carbonyl (C=O) groups is 1. The molecule has 20 heavy (non-hydrogen) atoms. The van der Waals surface area contributed by atoms with Crippen LogP contribution in [-0.2, 0) is 9.53 Å². The lowest BCUT2D eigenvalue weighted by Crippen LogP contribution is -2.46. The summed E-state index contributed by atoms with van der Waals surface area (Å²) in [6.07, 6.45) is 2.09. The number of rotatable bonds is 4. The van der Waals surface area contributed by atoms with Crippen LogP contribution in [0.1, 0.15) is 45.4 Å². The van der Waals surface area contributed by atoms with Gasteiger partial charge in [-0.05, 0) is 12.8 Å². The Labute approximate surface area is 128 Å². The number of amides is 1. The first-order valence-corrected chi connectivity index (χ1v) is 9.66. The van der Waals surface area contributed by atoms with Gasteiger partial charge in [-0.15, -0.1) is 0 Å². The fourth-order valence-corrected chi connectivity index (χ4v) is 4.21. The zero-order valence-corrected chi connectivity index (χ0v) is 13.5. The Hall–Kier alpha value is 0.0500. The molecule has 0 radical (unpaired) electrons. The highest BCUT2D eigenvalue weighted by Crippen LogP contribution is 2.29. The molecular weight excluding hydrogens is 298 g/mol. The topological polar surface area (TPSA) is 78.8 Å². The van der Waals surface area contributed by atoms with E-state index in [4.69, 9.17) is 4.74 Å². The van der Waals surface area contributed by atoms with E-state index in [1.165, 1.54) is 17.9 Å². The molecule has 5 nitrogen and oxygen atoms in total.